The lowest BCUT2D eigenvalue weighted by Crippen LogP contribution is -2.42. The largest absolute Gasteiger partial charge is 0.497 e. The van der Waals surface area contributed by atoms with E-state index in [1.807, 2.05) is 31.4 Å². The third-order valence-corrected chi connectivity index (χ3v) is 7.56. The summed E-state index contributed by atoms with van der Waals surface area (Å²) in [5.41, 5.74) is 2.24. The summed E-state index contributed by atoms with van der Waals surface area (Å²) in [4.78, 5) is 8.02. The molecule has 174 valence electrons. The highest BCUT2D eigenvalue weighted by Crippen LogP contribution is 2.33. The fourth-order valence-corrected chi connectivity index (χ4v) is 5.48. The number of rotatable bonds is 8. The summed E-state index contributed by atoms with van der Waals surface area (Å²) in [7, 11) is 3.72. The third-order valence-electron chi connectivity index (χ3n) is 6.78. The Balaban J connectivity index is 1.38. The quantitative estimate of drug-likeness (QED) is 0.487. The number of piperidine rings is 1. The number of nitrogens with one attached hydrogen (secondary N) is 1. The lowest BCUT2D eigenvalue weighted by Gasteiger charge is -2.37. The standard InChI is InChI=1S/C27H33N3O2S/c1-28-26(24-11-13-29-27-10-8-22(32-2)17-25(24)27)9-7-20-12-15-30(18-21(20)19-31)14-3-5-23-6-4-16-33-23/h4,6,8,10-11,13,16-17,20-21,26,28,31H,7,9,12,14-15,18-19H2,1-2H3/t20-,21-,26-/m1/s1. The fraction of sp³-hybridized carbons (Fsp3) is 0.444. The molecule has 0 bridgehead atoms. The van der Waals surface area contributed by atoms with Crippen molar-refractivity contribution >= 4 is 22.2 Å². The Morgan fingerprint density at radius 3 is 2.97 bits per heavy atom. The second-order valence-corrected chi connectivity index (χ2v) is 9.66. The van der Waals surface area contributed by atoms with Crippen molar-refractivity contribution in [1.82, 2.24) is 15.2 Å². The molecule has 0 aliphatic carbocycles. The van der Waals surface area contributed by atoms with Gasteiger partial charge in [-0.1, -0.05) is 17.9 Å². The molecule has 1 aliphatic rings. The minimum atomic E-state index is 0.233. The number of hydrogen-bond acceptors (Lipinski definition) is 6. The second kappa shape index (κ2) is 11.6. The van der Waals surface area contributed by atoms with Crippen LogP contribution < -0.4 is 10.1 Å². The molecule has 5 nitrogen and oxygen atoms in total. The van der Waals surface area contributed by atoms with E-state index in [9.17, 15) is 5.11 Å². The van der Waals surface area contributed by atoms with Crippen LogP contribution in [0.1, 0.15) is 35.7 Å². The van der Waals surface area contributed by atoms with Crippen LogP contribution in [0.2, 0.25) is 0 Å². The van der Waals surface area contributed by atoms with Crippen LogP contribution in [0.15, 0.2) is 48.0 Å². The molecule has 0 saturated carbocycles. The molecule has 0 radical (unpaired) electrons. The Labute approximate surface area is 200 Å². The number of benzene rings is 1. The minimum Gasteiger partial charge on any atom is -0.497 e. The molecule has 3 aromatic rings. The van der Waals surface area contributed by atoms with Crippen molar-refractivity contribution in [1.29, 1.82) is 0 Å². The average molecular weight is 464 g/mol. The van der Waals surface area contributed by atoms with E-state index in [2.05, 4.69) is 50.6 Å². The van der Waals surface area contributed by atoms with E-state index < -0.39 is 0 Å². The Morgan fingerprint density at radius 1 is 1.30 bits per heavy atom. The van der Waals surface area contributed by atoms with Crippen molar-refractivity contribution in [3.05, 3.63) is 58.4 Å². The Bertz CT molecular complexity index is 1090. The summed E-state index contributed by atoms with van der Waals surface area (Å²) in [6.07, 6.45) is 5.10. The number of thiophene rings is 1. The van der Waals surface area contributed by atoms with Gasteiger partial charge in [-0.3, -0.25) is 9.88 Å². The summed E-state index contributed by atoms with van der Waals surface area (Å²) >= 11 is 1.68. The molecule has 33 heavy (non-hydrogen) atoms. The molecule has 0 spiro atoms. The van der Waals surface area contributed by atoms with E-state index in [0.717, 1.165) is 60.4 Å². The van der Waals surface area contributed by atoms with Crippen LogP contribution in [0.4, 0.5) is 0 Å². The highest BCUT2D eigenvalue weighted by atomic mass is 32.1. The van der Waals surface area contributed by atoms with Gasteiger partial charge in [0.15, 0.2) is 0 Å². The van der Waals surface area contributed by atoms with E-state index in [1.165, 1.54) is 5.56 Å². The van der Waals surface area contributed by atoms with Gasteiger partial charge in [0, 0.05) is 30.8 Å². The summed E-state index contributed by atoms with van der Waals surface area (Å²) in [6.45, 7) is 2.96. The van der Waals surface area contributed by atoms with Crippen molar-refractivity contribution in [2.24, 2.45) is 11.8 Å². The van der Waals surface area contributed by atoms with Gasteiger partial charge in [0.1, 0.15) is 5.75 Å². The van der Waals surface area contributed by atoms with Gasteiger partial charge in [-0.2, -0.15) is 0 Å². The Kier molecular flexibility index (Phi) is 8.35. The zero-order valence-electron chi connectivity index (χ0n) is 19.5. The van der Waals surface area contributed by atoms with Crippen LogP contribution in [0.25, 0.3) is 10.9 Å². The van der Waals surface area contributed by atoms with Gasteiger partial charge >= 0.3 is 0 Å². The van der Waals surface area contributed by atoms with E-state index in [-0.39, 0.29) is 12.6 Å². The highest BCUT2D eigenvalue weighted by molar-refractivity contribution is 7.10. The molecule has 0 amide bonds. The van der Waals surface area contributed by atoms with Crippen LogP contribution >= 0.6 is 11.3 Å². The maximum absolute atomic E-state index is 10.1. The predicted octanol–water partition coefficient (Wildman–Crippen LogP) is 4.33. The summed E-state index contributed by atoms with van der Waals surface area (Å²) in [5.74, 6) is 8.22. The molecule has 2 aromatic heterocycles. The average Bonchev–Trinajstić information content (AvgIpc) is 3.38. The number of likely N-dealkylation sites (tertiary alicyclic amines) is 1. The van der Waals surface area contributed by atoms with E-state index in [0.29, 0.717) is 11.8 Å². The summed E-state index contributed by atoms with van der Waals surface area (Å²) in [6, 6.07) is 12.5. The molecule has 4 rings (SSSR count). The first-order valence-electron chi connectivity index (χ1n) is 11.7. The molecule has 3 heterocycles. The molecule has 0 unspecified atom stereocenters. The van der Waals surface area contributed by atoms with E-state index in [4.69, 9.17) is 4.74 Å². The monoisotopic (exact) mass is 463 g/mol. The van der Waals surface area contributed by atoms with Gasteiger partial charge in [0.2, 0.25) is 0 Å². The number of nitrogens with zero attached hydrogens (tertiary/aromatic N) is 2. The normalized spacial score (nSPS) is 19.7. The molecule has 1 fully saturated rings. The van der Waals surface area contributed by atoms with Gasteiger partial charge < -0.3 is 15.2 Å². The number of aliphatic hydroxyl groups is 1. The molecule has 3 atom stereocenters. The minimum absolute atomic E-state index is 0.233. The first-order chi connectivity index (χ1) is 16.2. The topological polar surface area (TPSA) is 57.6 Å². The van der Waals surface area contributed by atoms with Crippen LogP contribution in [0, 0.1) is 23.7 Å². The Morgan fingerprint density at radius 2 is 2.21 bits per heavy atom. The number of methoxy groups -OCH3 is 1. The molecular formula is C27H33N3O2S. The molecule has 2 N–H and O–H groups in total. The zero-order valence-corrected chi connectivity index (χ0v) is 20.3. The van der Waals surface area contributed by atoms with E-state index >= 15 is 0 Å². The zero-order chi connectivity index (χ0) is 23.0. The van der Waals surface area contributed by atoms with E-state index in [1.54, 1.807) is 18.4 Å². The number of pyridine rings is 1. The van der Waals surface area contributed by atoms with Crippen LogP contribution in [-0.2, 0) is 0 Å². The number of fused-ring (bicyclic) bond motifs is 1. The van der Waals surface area contributed by atoms with Gasteiger partial charge in [-0.05, 0) is 86.0 Å². The fourth-order valence-electron chi connectivity index (χ4n) is 4.89. The van der Waals surface area contributed by atoms with Crippen LogP contribution in [-0.4, -0.2) is 55.4 Å². The second-order valence-electron chi connectivity index (χ2n) is 8.71. The third kappa shape index (κ3) is 5.93. The lowest BCUT2D eigenvalue weighted by molar-refractivity contribution is 0.0734. The number of ether oxygens (including phenoxy) is 1. The van der Waals surface area contributed by atoms with Crippen molar-refractivity contribution in [3.63, 3.8) is 0 Å². The van der Waals surface area contributed by atoms with Crippen molar-refractivity contribution in [2.45, 2.75) is 25.3 Å². The smallest absolute Gasteiger partial charge is 0.119 e. The van der Waals surface area contributed by atoms with Gasteiger partial charge in [0.25, 0.3) is 0 Å². The van der Waals surface area contributed by atoms with Gasteiger partial charge in [0.05, 0.1) is 24.0 Å². The maximum Gasteiger partial charge on any atom is 0.119 e. The SMILES string of the molecule is CN[C@H](CC[C@@H]1CCN(CC#Cc2cccs2)C[C@@H]1CO)c1ccnc2ccc(OC)cc12. The molecule has 1 saturated heterocycles. The number of hydrogen-bond donors (Lipinski definition) is 2. The van der Waals surface area contributed by atoms with Crippen molar-refractivity contribution in [3.8, 4) is 17.6 Å². The number of aromatic nitrogens is 1. The van der Waals surface area contributed by atoms with Gasteiger partial charge in [-0.25, -0.2) is 0 Å². The maximum atomic E-state index is 10.1. The van der Waals surface area contributed by atoms with Crippen LogP contribution in [0.3, 0.4) is 0 Å². The number of aliphatic hydroxyl groups excluding tert-OH is 1. The Hall–Kier alpha value is -2.43. The van der Waals surface area contributed by atoms with Crippen molar-refractivity contribution in [2.75, 3.05) is 40.4 Å². The summed E-state index contributed by atoms with van der Waals surface area (Å²) in [5, 5.41) is 16.8. The predicted molar refractivity (Wildman–Crippen MR) is 136 cm³/mol. The summed E-state index contributed by atoms with van der Waals surface area (Å²) < 4.78 is 5.44. The molecular weight excluding hydrogens is 430 g/mol. The lowest BCUT2D eigenvalue weighted by atomic mass is 9.81. The molecule has 1 aliphatic heterocycles. The molecule has 1 aromatic carbocycles. The first kappa shape index (κ1) is 23.7. The molecule has 6 heteroatoms. The highest BCUT2D eigenvalue weighted by Gasteiger charge is 2.29. The van der Waals surface area contributed by atoms with Crippen molar-refractivity contribution < 1.29 is 9.84 Å². The first-order valence-corrected chi connectivity index (χ1v) is 12.5. The van der Waals surface area contributed by atoms with Gasteiger partial charge in [-0.15, -0.1) is 11.3 Å². The van der Waals surface area contributed by atoms with Crippen LogP contribution in [0.5, 0.6) is 5.75 Å².